The zero-order valence-electron chi connectivity index (χ0n) is 12.3. The lowest BCUT2D eigenvalue weighted by molar-refractivity contribution is 0.0958. The molecule has 2 amide bonds. The van der Waals surface area contributed by atoms with Crippen LogP contribution in [0, 0.1) is 6.92 Å². The Hall–Kier alpha value is -2.95. The molecule has 1 aromatic carbocycles. The number of nitrogens with one attached hydrogen (secondary N) is 2. The van der Waals surface area contributed by atoms with Crippen molar-refractivity contribution in [2.45, 2.75) is 6.92 Å². The minimum atomic E-state index is -0.357. The second kappa shape index (κ2) is 7.17. The van der Waals surface area contributed by atoms with E-state index < -0.39 is 0 Å². The van der Waals surface area contributed by atoms with E-state index in [2.05, 4.69) is 22.2 Å². The van der Waals surface area contributed by atoms with Crippen LogP contribution in [0.25, 0.3) is 0 Å². The zero-order valence-corrected chi connectivity index (χ0v) is 12.3. The van der Waals surface area contributed by atoms with Crippen molar-refractivity contribution in [1.82, 2.24) is 10.3 Å². The molecule has 1 aromatic heterocycles. The first-order valence-electron chi connectivity index (χ1n) is 6.83. The van der Waals surface area contributed by atoms with Gasteiger partial charge in [0.1, 0.15) is 5.69 Å². The average molecular weight is 295 g/mol. The number of hydrogen-bond donors (Lipinski definition) is 2. The highest BCUT2D eigenvalue weighted by atomic mass is 16.2. The Bertz CT molecular complexity index is 711. The predicted octanol–water partition coefficient (Wildman–Crippen LogP) is 2.56. The van der Waals surface area contributed by atoms with Gasteiger partial charge in [-0.25, -0.2) is 0 Å². The number of aromatic nitrogens is 1. The number of aryl methyl sites for hydroxylation is 1. The smallest absolute Gasteiger partial charge is 0.274 e. The number of nitrogens with zero attached hydrogens (tertiary/aromatic N) is 1. The van der Waals surface area contributed by atoms with Crippen LogP contribution in [-0.2, 0) is 0 Å². The van der Waals surface area contributed by atoms with E-state index in [4.69, 9.17) is 0 Å². The summed E-state index contributed by atoms with van der Waals surface area (Å²) in [6.07, 6.45) is 3.03. The molecular formula is C17H17N3O2. The lowest BCUT2D eigenvalue weighted by Gasteiger charge is -2.07. The minimum Gasteiger partial charge on any atom is -0.349 e. The number of hydrogen-bond acceptors (Lipinski definition) is 3. The number of rotatable bonds is 5. The van der Waals surface area contributed by atoms with Crippen LogP contribution in [0.5, 0.6) is 0 Å². The van der Waals surface area contributed by atoms with Gasteiger partial charge < -0.3 is 10.6 Å². The molecule has 0 saturated heterocycles. The first kappa shape index (κ1) is 15.4. The summed E-state index contributed by atoms with van der Waals surface area (Å²) in [5.41, 5.74) is 2.30. The van der Waals surface area contributed by atoms with E-state index in [1.165, 1.54) is 12.3 Å². The quantitative estimate of drug-likeness (QED) is 0.833. The lowest BCUT2D eigenvalue weighted by Crippen LogP contribution is -2.24. The van der Waals surface area contributed by atoms with Gasteiger partial charge in [0, 0.05) is 24.0 Å². The molecule has 1 heterocycles. The van der Waals surface area contributed by atoms with Crippen molar-refractivity contribution in [3.05, 3.63) is 72.1 Å². The van der Waals surface area contributed by atoms with Crippen molar-refractivity contribution in [3.63, 3.8) is 0 Å². The van der Waals surface area contributed by atoms with E-state index in [0.29, 0.717) is 17.8 Å². The van der Waals surface area contributed by atoms with Gasteiger partial charge in [-0.05, 0) is 36.8 Å². The third kappa shape index (κ3) is 4.02. The number of anilines is 1. The molecule has 0 radical (unpaired) electrons. The zero-order chi connectivity index (χ0) is 15.9. The van der Waals surface area contributed by atoms with Gasteiger partial charge in [0.25, 0.3) is 11.8 Å². The Morgan fingerprint density at radius 2 is 2.05 bits per heavy atom. The van der Waals surface area contributed by atoms with Crippen molar-refractivity contribution in [1.29, 1.82) is 0 Å². The van der Waals surface area contributed by atoms with E-state index in [1.807, 2.05) is 25.1 Å². The van der Waals surface area contributed by atoms with Crippen LogP contribution in [0.4, 0.5) is 5.69 Å². The molecular weight excluding hydrogens is 278 g/mol. The van der Waals surface area contributed by atoms with E-state index >= 15 is 0 Å². The maximum atomic E-state index is 12.2. The van der Waals surface area contributed by atoms with Gasteiger partial charge in [0.05, 0.1) is 0 Å². The van der Waals surface area contributed by atoms with Gasteiger partial charge in [-0.1, -0.05) is 18.2 Å². The second-order valence-electron chi connectivity index (χ2n) is 4.75. The summed E-state index contributed by atoms with van der Waals surface area (Å²) in [6.45, 7) is 5.84. The summed E-state index contributed by atoms with van der Waals surface area (Å²) in [5, 5.41) is 5.41. The molecule has 0 spiro atoms. The molecule has 22 heavy (non-hydrogen) atoms. The lowest BCUT2D eigenvalue weighted by atomic mass is 10.2. The maximum absolute atomic E-state index is 12.2. The maximum Gasteiger partial charge on any atom is 0.274 e. The topological polar surface area (TPSA) is 71.1 Å². The van der Waals surface area contributed by atoms with E-state index in [1.54, 1.807) is 18.2 Å². The van der Waals surface area contributed by atoms with Gasteiger partial charge >= 0.3 is 0 Å². The van der Waals surface area contributed by atoms with Crippen molar-refractivity contribution in [2.75, 3.05) is 11.9 Å². The molecule has 0 fully saturated rings. The normalized spacial score (nSPS) is 9.86. The molecule has 5 nitrogen and oxygen atoms in total. The Morgan fingerprint density at radius 3 is 2.77 bits per heavy atom. The average Bonchev–Trinajstić information content (AvgIpc) is 2.52. The highest BCUT2D eigenvalue weighted by Crippen LogP contribution is 2.11. The first-order chi connectivity index (χ1) is 10.6. The third-order valence-corrected chi connectivity index (χ3v) is 2.94. The molecule has 0 bridgehead atoms. The van der Waals surface area contributed by atoms with Crippen LogP contribution in [0.2, 0.25) is 0 Å². The predicted molar refractivity (Wildman–Crippen MR) is 85.9 cm³/mol. The van der Waals surface area contributed by atoms with Gasteiger partial charge in [-0.3, -0.25) is 14.6 Å². The molecule has 0 saturated carbocycles. The number of carbonyl (C=O) groups excluding carboxylic acids is 2. The number of carbonyl (C=O) groups is 2. The van der Waals surface area contributed by atoms with Gasteiger partial charge in [0.2, 0.25) is 0 Å². The molecule has 0 aliphatic carbocycles. The Morgan fingerprint density at radius 1 is 1.23 bits per heavy atom. The molecule has 0 aliphatic rings. The molecule has 112 valence electrons. The fourth-order valence-electron chi connectivity index (χ4n) is 1.88. The molecule has 2 N–H and O–H groups in total. The van der Waals surface area contributed by atoms with Crippen LogP contribution in [0.1, 0.15) is 26.4 Å². The Labute approximate surface area is 129 Å². The SMILES string of the molecule is C=CCNC(=O)c1ccnc(C(=O)Nc2cccc(C)c2)c1. The van der Waals surface area contributed by atoms with Crippen LogP contribution in [0.15, 0.2) is 55.3 Å². The van der Waals surface area contributed by atoms with Crippen molar-refractivity contribution in [2.24, 2.45) is 0 Å². The monoisotopic (exact) mass is 295 g/mol. The molecule has 5 heteroatoms. The van der Waals surface area contributed by atoms with E-state index in [0.717, 1.165) is 5.56 Å². The fraction of sp³-hybridized carbons (Fsp3) is 0.118. The van der Waals surface area contributed by atoms with Crippen LogP contribution < -0.4 is 10.6 Å². The highest BCUT2D eigenvalue weighted by Gasteiger charge is 2.11. The molecule has 0 atom stereocenters. The Kier molecular flexibility index (Phi) is 5.03. The Balaban J connectivity index is 2.13. The summed E-state index contributed by atoms with van der Waals surface area (Å²) in [5.74, 6) is -0.629. The molecule has 0 unspecified atom stereocenters. The molecule has 2 rings (SSSR count). The standard InChI is InChI=1S/C17H17N3O2/c1-3-8-19-16(21)13-7-9-18-15(11-13)17(22)20-14-6-4-5-12(2)10-14/h3-7,9-11H,1,8H2,2H3,(H,19,21)(H,20,22). The van der Waals surface area contributed by atoms with Crippen LogP contribution in [-0.4, -0.2) is 23.3 Å². The minimum absolute atomic E-state index is 0.188. The second-order valence-corrected chi connectivity index (χ2v) is 4.75. The number of amides is 2. The molecule has 2 aromatic rings. The van der Waals surface area contributed by atoms with Gasteiger partial charge in [-0.15, -0.1) is 6.58 Å². The first-order valence-corrected chi connectivity index (χ1v) is 6.83. The van der Waals surface area contributed by atoms with E-state index in [-0.39, 0.29) is 17.5 Å². The van der Waals surface area contributed by atoms with Crippen LogP contribution in [0.3, 0.4) is 0 Å². The van der Waals surface area contributed by atoms with Gasteiger partial charge in [-0.2, -0.15) is 0 Å². The summed E-state index contributed by atoms with van der Waals surface area (Å²) < 4.78 is 0. The highest BCUT2D eigenvalue weighted by molar-refractivity contribution is 6.04. The van der Waals surface area contributed by atoms with E-state index in [9.17, 15) is 9.59 Å². The van der Waals surface area contributed by atoms with Crippen molar-refractivity contribution in [3.8, 4) is 0 Å². The van der Waals surface area contributed by atoms with Gasteiger partial charge in [0.15, 0.2) is 0 Å². The summed E-state index contributed by atoms with van der Waals surface area (Å²) in [7, 11) is 0. The third-order valence-electron chi connectivity index (χ3n) is 2.94. The summed E-state index contributed by atoms with van der Waals surface area (Å²) >= 11 is 0. The largest absolute Gasteiger partial charge is 0.349 e. The van der Waals surface area contributed by atoms with Crippen molar-refractivity contribution < 1.29 is 9.59 Å². The number of pyridine rings is 1. The fourth-order valence-corrected chi connectivity index (χ4v) is 1.88. The number of benzene rings is 1. The summed E-state index contributed by atoms with van der Waals surface area (Å²) in [6, 6.07) is 10.5. The van der Waals surface area contributed by atoms with Crippen LogP contribution >= 0.6 is 0 Å². The van der Waals surface area contributed by atoms with Crippen molar-refractivity contribution >= 4 is 17.5 Å². The summed E-state index contributed by atoms with van der Waals surface area (Å²) in [4.78, 5) is 28.1. The molecule has 0 aliphatic heterocycles.